The van der Waals surface area contributed by atoms with Crippen molar-refractivity contribution < 1.29 is 14.3 Å². The normalized spacial score (nSPS) is 10.5. The molecular weight excluding hydrogens is 267 g/mol. The van der Waals surface area contributed by atoms with Crippen molar-refractivity contribution in [3.8, 4) is 5.69 Å². The number of rotatable bonds is 3. The summed E-state index contributed by atoms with van der Waals surface area (Å²) in [5, 5.41) is 9.09. The van der Waals surface area contributed by atoms with Crippen molar-refractivity contribution in [1.82, 2.24) is 9.55 Å². The van der Waals surface area contributed by atoms with Gasteiger partial charge in [0, 0.05) is 5.69 Å². The monoisotopic (exact) mass is 278 g/mol. The third kappa shape index (κ3) is 2.25. The average molecular weight is 278 g/mol. The van der Waals surface area contributed by atoms with Gasteiger partial charge >= 0.3 is 11.7 Å². The van der Waals surface area contributed by atoms with Crippen LogP contribution in [0, 0.1) is 5.82 Å². The van der Waals surface area contributed by atoms with Gasteiger partial charge in [-0.2, -0.15) is 0 Å². The van der Waals surface area contributed by atoms with E-state index in [1.54, 1.807) is 6.92 Å². The highest BCUT2D eigenvalue weighted by Crippen LogP contribution is 2.06. The molecule has 2 N–H and O–H groups in total. The van der Waals surface area contributed by atoms with Gasteiger partial charge in [-0.05, 0) is 30.7 Å². The summed E-state index contributed by atoms with van der Waals surface area (Å²) in [6.07, 6.45) is 0.205. The Hall–Kier alpha value is -2.70. The van der Waals surface area contributed by atoms with E-state index in [2.05, 4.69) is 4.98 Å². The molecule has 0 aliphatic heterocycles. The van der Waals surface area contributed by atoms with E-state index in [1.807, 2.05) is 0 Å². The molecule has 2 rings (SSSR count). The van der Waals surface area contributed by atoms with Crippen LogP contribution >= 0.6 is 0 Å². The van der Waals surface area contributed by atoms with Crippen LogP contribution in [0.4, 0.5) is 4.39 Å². The van der Waals surface area contributed by atoms with Gasteiger partial charge in [0.05, 0.1) is 5.69 Å². The van der Waals surface area contributed by atoms with Crippen LogP contribution in [0.3, 0.4) is 0 Å². The van der Waals surface area contributed by atoms with Crippen LogP contribution in [-0.2, 0) is 6.42 Å². The molecule has 6 nitrogen and oxygen atoms in total. The second-order valence-corrected chi connectivity index (χ2v) is 4.06. The number of hydrogen-bond donors (Lipinski definition) is 2. The Morgan fingerprint density at radius 3 is 2.40 bits per heavy atom. The van der Waals surface area contributed by atoms with Gasteiger partial charge in [0.2, 0.25) is 0 Å². The van der Waals surface area contributed by atoms with E-state index in [0.717, 1.165) is 12.1 Å². The third-order valence-electron chi connectivity index (χ3n) is 2.83. The molecule has 7 heteroatoms. The molecule has 0 saturated carbocycles. The molecule has 104 valence electrons. The minimum Gasteiger partial charge on any atom is -0.477 e. The molecule has 2 aromatic rings. The van der Waals surface area contributed by atoms with Gasteiger partial charge in [-0.3, -0.25) is 4.79 Å². The van der Waals surface area contributed by atoms with Gasteiger partial charge < -0.3 is 10.1 Å². The van der Waals surface area contributed by atoms with Crippen molar-refractivity contribution in [3.05, 3.63) is 62.2 Å². The van der Waals surface area contributed by atoms with E-state index in [-0.39, 0.29) is 17.8 Å². The van der Waals surface area contributed by atoms with Crippen molar-refractivity contribution in [2.75, 3.05) is 0 Å². The predicted octanol–water partition coefficient (Wildman–Crippen LogP) is 0.925. The first-order valence-corrected chi connectivity index (χ1v) is 5.83. The second kappa shape index (κ2) is 5.12. The summed E-state index contributed by atoms with van der Waals surface area (Å²) in [6.45, 7) is 1.62. The largest absolute Gasteiger partial charge is 0.477 e. The van der Waals surface area contributed by atoms with Crippen LogP contribution in [0.15, 0.2) is 33.9 Å². The molecule has 1 heterocycles. The molecule has 0 aliphatic carbocycles. The number of H-pyrrole nitrogens is 1. The summed E-state index contributed by atoms with van der Waals surface area (Å²) in [7, 11) is 0. The maximum absolute atomic E-state index is 12.9. The molecule has 0 saturated heterocycles. The summed E-state index contributed by atoms with van der Waals surface area (Å²) in [5.41, 5.74) is -2.03. The van der Waals surface area contributed by atoms with Crippen LogP contribution in [0.5, 0.6) is 0 Å². The highest BCUT2D eigenvalue weighted by Gasteiger charge is 2.19. The van der Waals surface area contributed by atoms with Crippen molar-refractivity contribution in [2.24, 2.45) is 0 Å². The fourth-order valence-corrected chi connectivity index (χ4v) is 1.89. The number of carbonyl (C=O) groups is 1. The number of nitrogens with one attached hydrogen (secondary N) is 1. The summed E-state index contributed by atoms with van der Waals surface area (Å²) in [4.78, 5) is 37.6. The van der Waals surface area contributed by atoms with Crippen LogP contribution in [0.1, 0.15) is 23.0 Å². The number of aromatic amines is 1. The first-order valence-electron chi connectivity index (χ1n) is 5.83. The van der Waals surface area contributed by atoms with Crippen molar-refractivity contribution >= 4 is 5.97 Å². The first-order chi connectivity index (χ1) is 9.45. The number of hydrogen-bond acceptors (Lipinski definition) is 3. The Morgan fingerprint density at radius 2 is 1.90 bits per heavy atom. The van der Waals surface area contributed by atoms with E-state index < -0.39 is 28.6 Å². The van der Waals surface area contributed by atoms with E-state index in [9.17, 15) is 18.8 Å². The fraction of sp³-hybridized carbons (Fsp3) is 0.154. The second-order valence-electron chi connectivity index (χ2n) is 4.06. The lowest BCUT2D eigenvalue weighted by Gasteiger charge is -2.08. The number of nitrogens with zero attached hydrogens (tertiary/aromatic N) is 1. The standard InChI is InChI=1S/C13H11FN2O4/c1-2-9-10(12(18)19)11(17)16(13(20)15-9)8-5-3-7(14)4-6-8/h3-6H,2H2,1H3,(H,15,20)(H,18,19). The molecule has 0 atom stereocenters. The highest BCUT2D eigenvalue weighted by atomic mass is 19.1. The lowest BCUT2D eigenvalue weighted by Crippen LogP contribution is -2.38. The van der Waals surface area contributed by atoms with Crippen molar-refractivity contribution in [1.29, 1.82) is 0 Å². The SMILES string of the molecule is CCc1[nH]c(=O)n(-c2ccc(F)cc2)c(=O)c1C(=O)O. The predicted molar refractivity (Wildman–Crippen MR) is 69.0 cm³/mol. The molecule has 0 amide bonds. The molecular formula is C13H11FN2O4. The van der Waals surface area contributed by atoms with E-state index >= 15 is 0 Å². The number of aromatic nitrogens is 2. The van der Waals surface area contributed by atoms with Gasteiger partial charge in [0.25, 0.3) is 5.56 Å². The Bertz CT molecular complexity index is 774. The Balaban J connectivity index is 2.81. The Kier molecular flexibility index (Phi) is 3.51. The number of carboxylic acid groups (broad SMARTS) is 1. The maximum Gasteiger partial charge on any atom is 0.343 e. The summed E-state index contributed by atoms with van der Waals surface area (Å²) >= 11 is 0. The highest BCUT2D eigenvalue weighted by molar-refractivity contribution is 5.88. The number of benzene rings is 1. The van der Waals surface area contributed by atoms with Crippen molar-refractivity contribution in [3.63, 3.8) is 0 Å². The fourth-order valence-electron chi connectivity index (χ4n) is 1.89. The zero-order chi connectivity index (χ0) is 14.9. The minimum absolute atomic E-state index is 0.0610. The molecule has 0 bridgehead atoms. The van der Waals surface area contributed by atoms with Gasteiger partial charge in [-0.1, -0.05) is 6.92 Å². The van der Waals surface area contributed by atoms with Gasteiger partial charge in [-0.15, -0.1) is 0 Å². The Labute approximate surface area is 112 Å². The van der Waals surface area contributed by atoms with Crippen LogP contribution < -0.4 is 11.2 Å². The maximum atomic E-state index is 12.9. The van der Waals surface area contributed by atoms with Gasteiger partial charge in [0.1, 0.15) is 11.4 Å². The summed E-state index contributed by atoms with van der Waals surface area (Å²) < 4.78 is 13.5. The molecule has 20 heavy (non-hydrogen) atoms. The summed E-state index contributed by atoms with van der Waals surface area (Å²) in [6, 6.07) is 4.61. The zero-order valence-electron chi connectivity index (χ0n) is 10.5. The zero-order valence-corrected chi connectivity index (χ0v) is 10.5. The van der Waals surface area contributed by atoms with E-state index in [1.165, 1.54) is 12.1 Å². The molecule has 1 aromatic carbocycles. The molecule has 0 aliphatic rings. The Morgan fingerprint density at radius 1 is 1.30 bits per heavy atom. The van der Waals surface area contributed by atoms with Crippen molar-refractivity contribution in [2.45, 2.75) is 13.3 Å². The molecule has 0 unspecified atom stereocenters. The molecule has 0 radical (unpaired) electrons. The van der Waals surface area contributed by atoms with E-state index in [4.69, 9.17) is 5.11 Å². The van der Waals surface area contributed by atoms with Crippen LogP contribution in [-0.4, -0.2) is 20.6 Å². The molecule has 0 fully saturated rings. The number of carboxylic acids is 1. The number of aryl methyl sites for hydroxylation is 1. The van der Waals surface area contributed by atoms with Crippen LogP contribution in [0.2, 0.25) is 0 Å². The lowest BCUT2D eigenvalue weighted by atomic mass is 10.2. The first kappa shape index (κ1) is 13.7. The van der Waals surface area contributed by atoms with Gasteiger partial charge in [0.15, 0.2) is 0 Å². The average Bonchev–Trinajstić information content (AvgIpc) is 2.39. The number of halogens is 1. The van der Waals surface area contributed by atoms with Gasteiger partial charge in [-0.25, -0.2) is 18.5 Å². The minimum atomic E-state index is -1.42. The molecule has 1 aromatic heterocycles. The quantitative estimate of drug-likeness (QED) is 0.873. The van der Waals surface area contributed by atoms with E-state index in [0.29, 0.717) is 4.57 Å². The van der Waals surface area contributed by atoms with Crippen LogP contribution in [0.25, 0.3) is 5.69 Å². The number of aromatic carboxylic acids is 1. The topological polar surface area (TPSA) is 92.2 Å². The lowest BCUT2D eigenvalue weighted by molar-refractivity contribution is 0.0692. The molecule has 0 spiro atoms. The summed E-state index contributed by atoms with van der Waals surface area (Å²) in [5.74, 6) is -1.94. The smallest absolute Gasteiger partial charge is 0.343 e. The third-order valence-corrected chi connectivity index (χ3v) is 2.83.